The number of nitrogens with zero attached hydrogens (tertiary/aromatic N) is 2. The summed E-state index contributed by atoms with van der Waals surface area (Å²) in [7, 11) is 0. The minimum atomic E-state index is -1.21. The number of hydrogen-bond acceptors (Lipinski definition) is 6. The van der Waals surface area contributed by atoms with Gasteiger partial charge >= 0.3 is 0 Å². The van der Waals surface area contributed by atoms with Gasteiger partial charge in [-0.05, 0) is 37.5 Å². The first-order valence-corrected chi connectivity index (χ1v) is 10.2. The molecule has 0 radical (unpaired) electrons. The maximum Gasteiger partial charge on any atom is 0.222 e. The van der Waals surface area contributed by atoms with Crippen molar-refractivity contribution in [2.24, 2.45) is 11.8 Å². The lowest BCUT2D eigenvalue weighted by Gasteiger charge is -2.45. The lowest BCUT2D eigenvalue weighted by atomic mass is 9.90. The summed E-state index contributed by atoms with van der Waals surface area (Å²) >= 11 is 0. The van der Waals surface area contributed by atoms with Crippen LogP contribution in [0.2, 0.25) is 0 Å². The molecule has 3 aliphatic rings. The Hall–Kier alpha value is -0.730. The van der Waals surface area contributed by atoms with E-state index in [1.165, 1.54) is 25.7 Å². The number of hydrogen-bond donors (Lipinski definition) is 4. The molecule has 3 fully saturated rings. The zero-order valence-corrected chi connectivity index (χ0v) is 15.5. The Morgan fingerprint density at radius 3 is 2.19 bits per heavy atom. The zero-order chi connectivity index (χ0) is 18.7. The van der Waals surface area contributed by atoms with Gasteiger partial charge in [0, 0.05) is 32.6 Å². The van der Waals surface area contributed by atoms with Gasteiger partial charge in [-0.15, -0.1) is 0 Å². The Kier molecular flexibility index (Phi) is 6.91. The van der Waals surface area contributed by atoms with Crippen LogP contribution in [0.3, 0.4) is 0 Å². The van der Waals surface area contributed by atoms with Crippen LogP contribution >= 0.6 is 0 Å². The highest BCUT2D eigenvalue weighted by atomic mass is 16.4. The molecule has 7 heteroatoms. The van der Waals surface area contributed by atoms with Crippen LogP contribution < -0.4 is 0 Å². The fourth-order valence-corrected chi connectivity index (χ4v) is 4.88. The normalized spacial score (nSPS) is 35.2. The van der Waals surface area contributed by atoms with Crippen LogP contribution in [0.15, 0.2) is 0 Å². The minimum Gasteiger partial charge on any atom is -0.395 e. The Bertz CT molecular complexity index is 463. The van der Waals surface area contributed by atoms with Crippen molar-refractivity contribution in [1.82, 2.24) is 9.80 Å². The van der Waals surface area contributed by atoms with E-state index in [9.17, 15) is 25.2 Å². The van der Waals surface area contributed by atoms with Crippen molar-refractivity contribution in [3.63, 3.8) is 0 Å². The Morgan fingerprint density at radius 2 is 1.58 bits per heavy atom. The molecule has 7 nitrogen and oxygen atoms in total. The highest BCUT2D eigenvalue weighted by Crippen LogP contribution is 2.29. The third-order valence-corrected chi connectivity index (χ3v) is 6.61. The largest absolute Gasteiger partial charge is 0.395 e. The molecule has 2 aliphatic heterocycles. The van der Waals surface area contributed by atoms with Crippen molar-refractivity contribution in [3.05, 3.63) is 0 Å². The molecule has 1 saturated carbocycles. The van der Waals surface area contributed by atoms with E-state index in [0.717, 1.165) is 25.9 Å². The van der Waals surface area contributed by atoms with Crippen LogP contribution in [0.4, 0.5) is 0 Å². The van der Waals surface area contributed by atoms with Crippen molar-refractivity contribution in [2.75, 3.05) is 32.8 Å². The van der Waals surface area contributed by atoms with Crippen molar-refractivity contribution in [3.8, 4) is 0 Å². The van der Waals surface area contributed by atoms with Crippen LogP contribution in [0, 0.1) is 11.8 Å². The SMILES string of the molecule is O=C(CC1CCCC1)N1CCC(CN2C[C@H](O)[C@@H](O)[C@H](O)[C@H]2CO)CC1. The predicted molar refractivity (Wildman–Crippen MR) is 96.3 cm³/mol. The van der Waals surface area contributed by atoms with Crippen LogP contribution in [0.5, 0.6) is 0 Å². The molecule has 4 atom stereocenters. The molecule has 0 spiro atoms. The summed E-state index contributed by atoms with van der Waals surface area (Å²) in [6, 6.07) is -0.546. The number of rotatable bonds is 5. The number of carbonyl (C=O) groups excluding carboxylic acids is 1. The topological polar surface area (TPSA) is 104 Å². The van der Waals surface area contributed by atoms with E-state index < -0.39 is 24.4 Å². The van der Waals surface area contributed by atoms with Crippen molar-refractivity contribution >= 4 is 5.91 Å². The highest BCUT2D eigenvalue weighted by Gasteiger charge is 2.41. The predicted octanol–water partition coefficient (Wildman–Crippen LogP) is -0.435. The molecule has 0 aromatic rings. The summed E-state index contributed by atoms with van der Waals surface area (Å²) in [5, 5.41) is 39.4. The van der Waals surface area contributed by atoms with E-state index in [2.05, 4.69) is 0 Å². The number of aliphatic hydroxyl groups excluding tert-OH is 4. The standard InChI is InChI=1S/C19H34N2O5/c22-12-15-18(25)19(26)16(23)11-21(15)10-14-5-7-20(8-6-14)17(24)9-13-3-1-2-4-13/h13-16,18-19,22-23,25-26H,1-12H2/t15-,16+,18-,19-/m1/s1. The summed E-state index contributed by atoms with van der Waals surface area (Å²) < 4.78 is 0. The number of amides is 1. The number of piperidine rings is 2. The van der Waals surface area contributed by atoms with Gasteiger partial charge in [-0.1, -0.05) is 12.8 Å². The first-order valence-electron chi connectivity index (χ1n) is 10.2. The van der Waals surface area contributed by atoms with Crippen LogP contribution in [-0.2, 0) is 4.79 Å². The number of carbonyl (C=O) groups is 1. The minimum absolute atomic E-state index is 0.246. The Morgan fingerprint density at radius 1 is 0.923 bits per heavy atom. The van der Waals surface area contributed by atoms with Gasteiger partial charge in [-0.25, -0.2) is 0 Å². The summed E-state index contributed by atoms with van der Waals surface area (Å²) in [6.07, 6.45) is 4.05. The third-order valence-electron chi connectivity index (χ3n) is 6.61. The average molecular weight is 370 g/mol. The van der Waals surface area contributed by atoms with Gasteiger partial charge in [0.25, 0.3) is 0 Å². The lowest BCUT2D eigenvalue weighted by Crippen LogP contribution is -2.63. The van der Waals surface area contributed by atoms with E-state index in [-0.39, 0.29) is 19.1 Å². The van der Waals surface area contributed by atoms with Crippen LogP contribution in [-0.4, -0.2) is 93.3 Å². The molecule has 0 bridgehead atoms. The molecule has 150 valence electrons. The van der Waals surface area contributed by atoms with Gasteiger partial charge in [0.15, 0.2) is 0 Å². The quantitative estimate of drug-likeness (QED) is 0.523. The first-order chi connectivity index (χ1) is 12.5. The summed E-state index contributed by atoms with van der Waals surface area (Å²) in [5.41, 5.74) is 0. The number of likely N-dealkylation sites (tertiary alicyclic amines) is 2. The molecule has 3 rings (SSSR count). The van der Waals surface area contributed by atoms with Crippen molar-refractivity contribution in [1.29, 1.82) is 0 Å². The second kappa shape index (κ2) is 8.97. The Labute approximate surface area is 155 Å². The Balaban J connectivity index is 1.46. The van der Waals surface area contributed by atoms with Crippen LogP contribution in [0.1, 0.15) is 44.9 Å². The molecule has 1 amide bonds. The second-order valence-corrected chi connectivity index (χ2v) is 8.43. The zero-order valence-electron chi connectivity index (χ0n) is 15.5. The van der Waals surface area contributed by atoms with E-state index in [4.69, 9.17) is 0 Å². The summed E-state index contributed by atoms with van der Waals surface area (Å²) in [4.78, 5) is 16.3. The second-order valence-electron chi connectivity index (χ2n) is 8.43. The molecular formula is C19H34N2O5. The third kappa shape index (κ3) is 4.57. The molecule has 26 heavy (non-hydrogen) atoms. The van der Waals surface area contributed by atoms with Crippen molar-refractivity contribution in [2.45, 2.75) is 69.3 Å². The van der Waals surface area contributed by atoms with E-state index in [1.807, 2.05) is 9.80 Å². The van der Waals surface area contributed by atoms with E-state index in [1.54, 1.807) is 0 Å². The molecule has 0 unspecified atom stereocenters. The van der Waals surface area contributed by atoms with Gasteiger partial charge in [-0.3, -0.25) is 9.69 Å². The molecular weight excluding hydrogens is 336 g/mol. The maximum atomic E-state index is 12.5. The highest BCUT2D eigenvalue weighted by molar-refractivity contribution is 5.76. The molecule has 0 aromatic heterocycles. The lowest BCUT2D eigenvalue weighted by molar-refractivity contribution is -0.148. The molecule has 2 heterocycles. The molecule has 0 aromatic carbocycles. The number of β-amino-alcohol motifs (C(OH)–C–C–N with tert-alkyl or cyclic N) is 1. The fourth-order valence-electron chi connectivity index (χ4n) is 4.88. The van der Waals surface area contributed by atoms with Gasteiger partial charge in [-0.2, -0.15) is 0 Å². The van der Waals surface area contributed by atoms with Crippen LogP contribution in [0.25, 0.3) is 0 Å². The van der Waals surface area contributed by atoms with E-state index >= 15 is 0 Å². The first kappa shape index (κ1) is 20.0. The fraction of sp³-hybridized carbons (Fsp3) is 0.947. The van der Waals surface area contributed by atoms with Gasteiger partial charge in [0.1, 0.15) is 12.2 Å². The molecule has 2 saturated heterocycles. The molecule has 4 N–H and O–H groups in total. The summed E-state index contributed by atoms with van der Waals surface area (Å²) in [6.45, 7) is 2.20. The van der Waals surface area contributed by atoms with Gasteiger partial charge < -0.3 is 25.3 Å². The average Bonchev–Trinajstić information content (AvgIpc) is 3.14. The van der Waals surface area contributed by atoms with Crippen molar-refractivity contribution < 1.29 is 25.2 Å². The van der Waals surface area contributed by atoms with E-state index in [0.29, 0.717) is 24.8 Å². The number of aliphatic hydroxyl groups is 4. The maximum absolute atomic E-state index is 12.5. The van der Waals surface area contributed by atoms with Gasteiger partial charge in [0.2, 0.25) is 5.91 Å². The molecule has 1 aliphatic carbocycles. The summed E-state index contributed by atoms with van der Waals surface area (Å²) in [5.74, 6) is 1.23. The smallest absolute Gasteiger partial charge is 0.222 e. The monoisotopic (exact) mass is 370 g/mol. The van der Waals surface area contributed by atoms with Gasteiger partial charge in [0.05, 0.1) is 18.8 Å².